The molecule has 0 aliphatic heterocycles. The number of nitriles is 1. The van der Waals surface area contributed by atoms with Crippen molar-refractivity contribution in [3.05, 3.63) is 66.2 Å². The zero-order valence-electron chi connectivity index (χ0n) is 9.85. The Morgan fingerprint density at radius 1 is 1.53 bits per heavy atom. The van der Waals surface area contributed by atoms with Gasteiger partial charge >= 0.3 is 0 Å². The molecule has 0 spiro atoms. The molecule has 0 saturated carbocycles. The molecule has 0 radical (unpaired) electrons. The molecule has 0 amide bonds. The average molecular weight is 222 g/mol. The lowest BCUT2D eigenvalue weighted by atomic mass is 10.1. The van der Waals surface area contributed by atoms with Crippen molar-refractivity contribution >= 4 is 5.57 Å². The highest BCUT2D eigenvalue weighted by Crippen LogP contribution is 2.16. The highest BCUT2D eigenvalue weighted by Gasteiger charge is 1.99. The highest BCUT2D eigenvalue weighted by molar-refractivity contribution is 5.65. The molecule has 0 saturated heterocycles. The molecule has 0 atom stereocenters. The van der Waals surface area contributed by atoms with E-state index in [1.807, 2.05) is 30.4 Å². The van der Waals surface area contributed by atoms with Gasteiger partial charge in [-0.1, -0.05) is 31.7 Å². The van der Waals surface area contributed by atoms with Gasteiger partial charge in [0.15, 0.2) is 0 Å². The third kappa shape index (κ3) is 3.95. The fourth-order valence-electron chi connectivity index (χ4n) is 1.35. The monoisotopic (exact) mass is 222 g/mol. The van der Waals surface area contributed by atoms with Gasteiger partial charge < -0.3 is 0 Å². The van der Waals surface area contributed by atoms with Gasteiger partial charge in [-0.25, -0.2) is 4.98 Å². The van der Waals surface area contributed by atoms with Crippen molar-refractivity contribution in [1.82, 2.24) is 4.98 Å². The van der Waals surface area contributed by atoms with Crippen LogP contribution in [0.25, 0.3) is 5.57 Å². The van der Waals surface area contributed by atoms with E-state index in [4.69, 9.17) is 5.26 Å². The minimum Gasteiger partial charge on any atom is -0.246 e. The first-order chi connectivity index (χ1) is 8.31. The molecule has 0 N–H and O–H groups in total. The summed E-state index contributed by atoms with van der Waals surface area (Å²) in [6.45, 7) is 5.65. The molecule has 1 rings (SSSR count). The van der Waals surface area contributed by atoms with Crippen molar-refractivity contribution in [1.29, 1.82) is 5.26 Å². The van der Waals surface area contributed by atoms with Gasteiger partial charge in [-0.3, -0.25) is 0 Å². The van der Waals surface area contributed by atoms with Crippen LogP contribution < -0.4 is 0 Å². The minimum atomic E-state index is 0.428. The normalized spacial score (nSPS) is 9.41. The highest BCUT2D eigenvalue weighted by atomic mass is 14.7. The first-order valence-electron chi connectivity index (χ1n) is 5.41. The summed E-state index contributed by atoms with van der Waals surface area (Å²) < 4.78 is 0. The van der Waals surface area contributed by atoms with E-state index in [0.29, 0.717) is 5.69 Å². The van der Waals surface area contributed by atoms with Crippen LogP contribution in [0, 0.1) is 11.3 Å². The summed E-state index contributed by atoms with van der Waals surface area (Å²) in [5, 5.41) is 8.79. The Labute approximate surface area is 102 Å². The maximum absolute atomic E-state index is 8.79. The Morgan fingerprint density at radius 2 is 2.35 bits per heavy atom. The predicted octanol–water partition coefficient (Wildman–Crippen LogP) is 3.64. The second-order valence-electron chi connectivity index (χ2n) is 3.31. The molecule has 0 unspecified atom stereocenters. The molecule has 2 heteroatoms. The summed E-state index contributed by atoms with van der Waals surface area (Å²) in [5.41, 5.74) is 5.66. The summed E-state index contributed by atoms with van der Waals surface area (Å²) in [4.78, 5) is 3.94. The van der Waals surface area contributed by atoms with Crippen molar-refractivity contribution in [2.24, 2.45) is 0 Å². The summed E-state index contributed by atoms with van der Waals surface area (Å²) >= 11 is 0. The van der Waals surface area contributed by atoms with E-state index < -0.39 is 0 Å². The number of hydrogen-bond acceptors (Lipinski definition) is 2. The lowest BCUT2D eigenvalue weighted by Crippen LogP contribution is -1.86. The molecule has 1 heterocycles. The Kier molecular flexibility index (Phi) is 5.24. The Morgan fingerprint density at radius 3 is 3.00 bits per heavy atom. The van der Waals surface area contributed by atoms with Gasteiger partial charge in [0.25, 0.3) is 0 Å². The van der Waals surface area contributed by atoms with Crippen molar-refractivity contribution in [2.45, 2.75) is 13.3 Å². The van der Waals surface area contributed by atoms with Crippen LogP contribution in [0.15, 0.2) is 54.9 Å². The molecular weight excluding hydrogens is 208 g/mol. The predicted molar refractivity (Wildman–Crippen MR) is 70.1 cm³/mol. The van der Waals surface area contributed by atoms with E-state index in [9.17, 15) is 0 Å². The lowest BCUT2D eigenvalue weighted by Gasteiger charge is -2.00. The number of rotatable bonds is 4. The SMILES string of the molecule is C=C/C=C\C=C=C(CC)c1ccnc(C#N)c1. The number of hydrogen-bond donors (Lipinski definition) is 0. The van der Waals surface area contributed by atoms with Crippen molar-refractivity contribution in [3.8, 4) is 6.07 Å². The maximum Gasteiger partial charge on any atom is 0.141 e. The number of aromatic nitrogens is 1. The molecule has 1 aromatic rings. The molecular formula is C15H14N2. The molecule has 84 valence electrons. The van der Waals surface area contributed by atoms with E-state index in [1.165, 1.54) is 0 Å². The maximum atomic E-state index is 8.79. The van der Waals surface area contributed by atoms with Gasteiger partial charge in [0.1, 0.15) is 11.8 Å². The van der Waals surface area contributed by atoms with E-state index in [1.54, 1.807) is 18.3 Å². The van der Waals surface area contributed by atoms with Gasteiger partial charge in [-0.15, -0.1) is 5.73 Å². The van der Waals surface area contributed by atoms with Crippen LogP contribution in [0.4, 0.5) is 0 Å². The van der Waals surface area contributed by atoms with Crippen LogP contribution in [0.1, 0.15) is 24.6 Å². The first kappa shape index (κ1) is 12.7. The van der Waals surface area contributed by atoms with Crippen LogP contribution in [0.3, 0.4) is 0 Å². The Bertz CT molecular complexity index is 524. The largest absolute Gasteiger partial charge is 0.246 e. The number of nitrogens with zero attached hydrogens (tertiary/aromatic N) is 2. The molecule has 0 aliphatic rings. The van der Waals surface area contributed by atoms with Crippen LogP contribution in [-0.2, 0) is 0 Å². The van der Waals surface area contributed by atoms with Crippen molar-refractivity contribution in [2.75, 3.05) is 0 Å². The van der Waals surface area contributed by atoms with E-state index in [-0.39, 0.29) is 0 Å². The van der Waals surface area contributed by atoms with Gasteiger partial charge in [0, 0.05) is 11.8 Å². The van der Waals surface area contributed by atoms with Gasteiger partial charge in [-0.05, 0) is 30.2 Å². The van der Waals surface area contributed by atoms with E-state index >= 15 is 0 Å². The third-order valence-electron chi connectivity index (χ3n) is 2.18. The number of pyridine rings is 1. The molecule has 0 aliphatic carbocycles. The van der Waals surface area contributed by atoms with Crippen LogP contribution in [0.5, 0.6) is 0 Å². The fourth-order valence-corrected chi connectivity index (χ4v) is 1.35. The molecule has 0 aromatic carbocycles. The minimum absolute atomic E-state index is 0.428. The molecule has 1 aromatic heterocycles. The first-order valence-corrected chi connectivity index (χ1v) is 5.41. The van der Waals surface area contributed by atoms with E-state index in [0.717, 1.165) is 17.6 Å². The Hall–Kier alpha value is -2.36. The van der Waals surface area contributed by atoms with Gasteiger partial charge in [0.05, 0.1) is 0 Å². The summed E-state index contributed by atoms with van der Waals surface area (Å²) in [6, 6.07) is 5.69. The van der Waals surface area contributed by atoms with Crippen LogP contribution in [-0.4, -0.2) is 4.98 Å². The van der Waals surface area contributed by atoms with Gasteiger partial charge in [0.2, 0.25) is 0 Å². The standard InChI is InChI=1S/C15H14N2/c1-3-5-6-7-8-13(4-2)14-9-10-17-15(11-14)12-16/h3,5-7,9-11H,1,4H2,2H3/b6-5-. The molecule has 17 heavy (non-hydrogen) atoms. The van der Waals surface area contributed by atoms with Crippen molar-refractivity contribution < 1.29 is 0 Å². The zero-order chi connectivity index (χ0) is 12.5. The zero-order valence-corrected chi connectivity index (χ0v) is 9.85. The smallest absolute Gasteiger partial charge is 0.141 e. The summed E-state index contributed by atoms with van der Waals surface area (Å²) in [7, 11) is 0. The lowest BCUT2D eigenvalue weighted by molar-refractivity contribution is 1.21. The van der Waals surface area contributed by atoms with Crippen molar-refractivity contribution in [3.63, 3.8) is 0 Å². The topological polar surface area (TPSA) is 36.7 Å². The molecule has 0 bridgehead atoms. The quantitative estimate of drug-likeness (QED) is 0.576. The second kappa shape index (κ2) is 7.00. The van der Waals surface area contributed by atoms with Crippen LogP contribution >= 0.6 is 0 Å². The fraction of sp³-hybridized carbons (Fsp3) is 0.133. The van der Waals surface area contributed by atoms with E-state index in [2.05, 4.69) is 24.2 Å². The second-order valence-corrected chi connectivity index (χ2v) is 3.31. The third-order valence-corrected chi connectivity index (χ3v) is 2.18. The molecule has 2 nitrogen and oxygen atoms in total. The van der Waals surface area contributed by atoms with Gasteiger partial charge in [-0.2, -0.15) is 5.26 Å². The Balaban J connectivity index is 3.09. The summed E-state index contributed by atoms with van der Waals surface area (Å²) in [6.07, 6.45) is 9.76. The van der Waals surface area contributed by atoms with Crippen LogP contribution in [0.2, 0.25) is 0 Å². The average Bonchev–Trinajstić information content (AvgIpc) is 2.39. The number of allylic oxidation sites excluding steroid dienone is 4. The molecule has 0 fully saturated rings. The summed E-state index contributed by atoms with van der Waals surface area (Å²) in [5.74, 6) is 0.